The van der Waals surface area contributed by atoms with E-state index in [0.29, 0.717) is 11.8 Å². The highest BCUT2D eigenvalue weighted by molar-refractivity contribution is 7.87. The molecule has 0 spiro atoms. The van der Waals surface area contributed by atoms with Crippen LogP contribution in [0.1, 0.15) is 38.5 Å². The van der Waals surface area contributed by atoms with E-state index in [4.69, 9.17) is 0 Å². The van der Waals surface area contributed by atoms with Gasteiger partial charge in [-0.05, 0) is 17.8 Å². The molecule has 0 aromatic heterocycles. The van der Waals surface area contributed by atoms with Crippen molar-refractivity contribution in [2.24, 2.45) is 17.8 Å². The van der Waals surface area contributed by atoms with Crippen molar-refractivity contribution in [2.45, 2.75) is 44.6 Å². The highest BCUT2D eigenvalue weighted by Crippen LogP contribution is 2.46. The number of aliphatic carboxylic acids is 1. The second-order valence-corrected chi connectivity index (χ2v) is 8.10. The van der Waals surface area contributed by atoms with Crippen molar-refractivity contribution in [3.8, 4) is 0 Å². The standard InChI is InChI=1S/C13H24N2O4S/c1-15(2)20(18,19)14-12(13(16)17)11(9-5-3-6-9)10-7-4-8-10/h9-12,14H,3-8H2,1-2H3,(H,16,17). The maximum atomic E-state index is 12.0. The van der Waals surface area contributed by atoms with E-state index in [2.05, 4.69) is 4.72 Å². The van der Waals surface area contributed by atoms with Crippen molar-refractivity contribution in [3.05, 3.63) is 0 Å². The second-order valence-electron chi connectivity index (χ2n) is 6.18. The molecule has 2 fully saturated rings. The first-order valence-corrected chi connectivity index (χ1v) is 8.69. The average molecular weight is 304 g/mol. The minimum atomic E-state index is -3.72. The summed E-state index contributed by atoms with van der Waals surface area (Å²) in [5, 5.41) is 9.48. The van der Waals surface area contributed by atoms with Crippen LogP contribution in [0.25, 0.3) is 0 Å². The van der Waals surface area contributed by atoms with Crippen molar-refractivity contribution >= 4 is 16.2 Å². The third kappa shape index (κ3) is 3.15. The lowest BCUT2D eigenvalue weighted by Gasteiger charge is -2.45. The molecule has 1 unspecified atom stereocenters. The molecule has 2 N–H and O–H groups in total. The van der Waals surface area contributed by atoms with Gasteiger partial charge in [-0.25, -0.2) is 0 Å². The molecule has 7 heteroatoms. The number of nitrogens with zero attached hydrogens (tertiary/aromatic N) is 1. The number of hydrogen-bond acceptors (Lipinski definition) is 3. The van der Waals surface area contributed by atoms with Gasteiger partial charge in [-0.3, -0.25) is 4.79 Å². The third-order valence-corrected chi connectivity index (χ3v) is 6.31. The molecule has 20 heavy (non-hydrogen) atoms. The summed E-state index contributed by atoms with van der Waals surface area (Å²) in [4.78, 5) is 11.6. The summed E-state index contributed by atoms with van der Waals surface area (Å²) < 4.78 is 27.3. The maximum Gasteiger partial charge on any atom is 0.322 e. The van der Waals surface area contributed by atoms with Crippen molar-refractivity contribution < 1.29 is 18.3 Å². The van der Waals surface area contributed by atoms with E-state index in [-0.39, 0.29) is 5.92 Å². The molecule has 0 bridgehead atoms. The zero-order chi connectivity index (χ0) is 14.9. The summed E-state index contributed by atoms with van der Waals surface area (Å²) in [7, 11) is -0.909. The van der Waals surface area contributed by atoms with E-state index in [1.807, 2.05) is 0 Å². The lowest BCUT2D eigenvalue weighted by Crippen LogP contribution is -2.54. The Balaban J connectivity index is 2.18. The molecule has 0 saturated heterocycles. The minimum absolute atomic E-state index is 0.0651. The fourth-order valence-corrected chi connectivity index (χ4v) is 3.93. The number of nitrogens with one attached hydrogen (secondary N) is 1. The molecule has 1 atom stereocenters. The van der Waals surface area contributed by atoms with Gasteiger partial charge in [-0.2, -0.15) is 17.4 Å². The molecule has 2 aliphatic rings. The van der Waals surface area contributed by atoms with Gasteiger partial charge in [-0.1, -0.05) is 38.5 Å². The van der Waals surface area contributed by atoms with Crippen molar-refractivity contribution in [3.63, 3.8) is 0 Å². The quantitative estimate of drug-likeness (QED) is 0.736. The molecule has 0 heterocycles. The Morgan fingerprint density at radius 1 is 1.15 bits per heavy atom. The van der Waals surface area contributed by atoms with Crippen LogP contribution in [0, 0.1) is 17.8 Å². The SMILES string of the molecule is CN(C)S(=O)(=O)NC(C(=O)O)C(C1CCC1)C1CCC1. The van der Waals surface area contributed by atoms with E-state index in [1.165, 1.54) is 14.1 Å². The van der Waals surface area contributed by atoms with Crippen LogP contribution in [0.5, 0.6) is 0 Å². The van der Waals surface area contributed by atoms with Gasteiger partial charge in [0.25, 0.3) is 10.2 Å². The predicted molar refractivity (Wildman–Crippen MR) is 75.3 cm³/mol. The van der Waals surface area contributed by atoms with Crippen LogP contribution < -0.4 is 4.72 Å². The van der Waals surface area contributed by atoms with Crippen LogP contribution >= 0.6 is 0 Å². The van der Waals surface area contributed by atoms with Crippen molar-refractivity contribution in [1.82, 2.24) is 9.03 Å². The van der Waals surface area contributed by atoms with Gasteiger partial charge in [0.2, 0.25) is 0 Å². The molecule has 2 saturated carbocycles. The number of carboxylic acids is 1. The molecular weight excluding hydrogens is 280 g/mol. The Morgan fingerprint density at radius 3 is 1.85 bits per heavy atom. The zero-order valence-corrected chi connectivity index (χ0v) is 12.9. The van der Waals surface area contributed by atoms with Crippen LogP contribution in [-0.2, 0) is 15.0 Å². The van der Waals surface area contributed by atoms with Gasteiger partial charge in [0.15, 0.2) is 0 Å². The number of carboxylic acid groups (broad SMARTS) is 1. The summed E-state index contributed by atoms with van der Waals surface area (Å²) in [5.74, 6) is -0.415. The first-order chi connectivity index (χ1) is 9.33. The number of hydrogen-bond donors (Lipinski definition) is 2. The van der Waals surface area contributed by atoms with Crippen LogP contribution in [0.2, 0.25) is 0 Å². The van der Waals surface area contributed by atoms with E-state index in [9.17, 15) is 18.3 Å². The summed E-state index contributed by atoms with van der Waals surface area (Å²) in [6, 6.07) is -1.00. The topological polar surface area (TPSA) is 86.7 Å². The Bertz CT molecular complexity index is 441. The monoisotopic (exact) mass is 304 g/mol. The molecule has 0 radical (unpaired) electrons. The lowest BCUT2D eigenvalue weighted by molar-refractivity contribution is -0.143. The van der Waals surface area contributed by atoms with E-state index < -0.39 is 22.2 Å². The fraction of sp³-hybridized carbons (Fsp3) is 0.923. The highest BCUT2D eigenvalue weighted by atomic mass is 32.2. The number of carbonyl (C=O) groups is 1. The summed E-state index contributed by atoms with van der Waals surface area (Å²) >= 11 is 0. The second kappa shape index (κ2) is 5.99. The molecule has 0 amide bonds. The molecule has 6 nitrogen and oxygen atoms in total. The average Bonchev–Trinajstić information content (AvgIpc) is 2.19. The maximum absolute atomic E-state index is 12.0. The van der Waals surface area contributed by atoms with Crippen LogP contribution in [-0.4, -0.2) is 43.9 Å². The fourth-order valence-electron chi connectivity index (χ4n) is 3.14. The van der Waals surface area contributed by atoms with Gasteiger partial charge < -0.3 is 5.11 Å². The number of rotatable bonds is 7. The summed E-state index contributed by atoms with van der Waals surface area (Å²) in [6.45, 7) is 0. The van der Waals surface area contributed by atoms with Gasteiger partial charge in [0.05, 0.1) is 0 Å². The first-order valence-electron chi connectivity index (χ1n) is 7.25. The van der Waals surface area contributed by atoms with Crippen LogP contribution in [0.4, 0.5) is 0 Å². The van der Waals surface area contributed by atoms with Gasteiger partial charge >= 0.3 is 5.97 Å². The van der Waals surface area contributed by atoms with Gasteiger partial charge in [0, 0.05) is 14.1 Å². The Morgan fingerprint density at radius 2 is 1.60 bits per heavy atom. The molecule has 2 rings (SSSR count). The van der Waals surface area contributed by atoms with E-state index >= 15 is 0 Å². The first kappa shape index (κ1) is 15.7. The predicted octanol–water partition coefficient (Wildman–Crippen LogP) is 1.05. The van der Waals surface area contributed by atoms with Gasteiger partial charge in [-0.15, -0.1) is 0 Å². The summed E-state index contributed by atoms with van der Waals surface area (Å²) in [5.41, 5.74) is 0. The van der Waals surface area contributed by atoms with E-state index in [1.54, 1.807) is 0 Å². The van der Waals surface area contributed by atoms with Crippen LogP contribution in [0.3, 0.4) is 0 Å². The van der Waals surface area contributed by atoms with Crippen LogP contribution in [0.15, 0.2) is 0 Å². The minimum Gasteiger partial charge on any atom is -0.480 e. The Labute approximate surface area is 120 Å². The van der Waals surface area contributed by atoms with Crippen molar-refractivity contribution in [1.29, 1.82) is 0 Å². The lowest BCUT2D eigenvalue weighted by atomic mass is 9.62. The van der Waals surface area contributed by atoms with E-state index in [0.717, 1.165) is 42.8 Å². The highest BCUT2D eigenvalue weighted by Gasteiger charge is 2.45. The smallest absolute Gasteiger partial charge is 0.322 e. The molecule has 0 aromatic rings. The normalized spacial score (nSPS) is 22.6. The van der Waals surface area contributed by atoms with Gasteiger partial charge in [0.1, 0.15) is 6.04 Å². The summed E-state index contributed by atoms with van der Waals surface area (Å²) in [6.07, 6.45) is 6.34. The molecule has 0 aromatic carbocycles. The molecule has 116 valence electrons. The third-order valence-electron chi connectivity index (χ3n) is 4.80. The molecular formula is C13H24N2O4S. The van der Waals surface area contributed by atoms with Crippen molar-refractivity contribution in [2.75, 3.05) is 14.1 Å². The zero-order valence-electron chi connectivity index (χ0n) is 12.1. The Kier molecular flexibility index (Phi) is 4.71. The molecule has 2 aliphatic carbocycles. The molecule has 0 aliphatic heterocycles. The largest absolute Gasteiger partial charge is 0.480 e. The Hall–Kier alpha value is -0.660.